The maximum Gasteiger partial charge on any atom is 0.246 e. The first-order chi connectivity index (χ1) is 12.0. The first kappa shape index (κ1) is 18.8. The van der Waals surface area contributed by atoms with E-state index in [1.165, 1.54) is 0 Å². The Morgan fingerprint density at radius 1 is 1.12 bits per heavy atom. The van der Waals surface area contributed by atoms with E-state index >= 15 is 0 Å². The Kier molecular flexibility index (Phi) is 6.39. The molecule has 1 heterocycles. The SMILES string of the molecule is C/C=C1\C(=C/CC)CC(=O)N(CC)CC(=O)N1Cc1ccc(O)cc1. The lowest BCUT2D eigenvalue weighted by atomic mass is 10.0. The number of amides is 2. The van der Waals surface area contributed by atoms with Crippen molar-refractivity contribution in [3.63, 3.8) is 0 Å². The molecule has 25 heavy (non-hydrogen) atoms. The molecule has 0 spiro atoms. The zero-order valence-electron chi connectivity index (χ0n) is 15.2. The highest BCUT2D eigenvalue weighted by atomic mass is 16.3. The van der Waals surface area contributed by atoms with Gasteiger partial charge in [-0.2, -0.15) is 0 Å². The molecular weight excluding hydrogens is 316 g/mol. The summed E-state index contributed by atoms with van der Waals surface area (Å²) in [4.78, 5) is 28.7. The summed E-state index contributed by atoms with van der Waals surface area (Å²) in [7, 11) is 0. The molecule has 1 fully saturated rings. The average molecular weight is 342 g/mol. The van der Waals surface area contributed by atoms with Gasteiger partial charge in [-0.15, -0.1) is 0 Å². The van der Waals surface area contributed by atoms with Crippen LogP contribution in [0.1, 0.15) is 39.2 Å². The highest BCUT2D eigenvalue weighted by molar-refractivity contribution is 5.89. The molecule has 0 saturated carbocycles. The molecule has 1 aliphatic heterocycles. The van der Waals surface area contributed by atoms with Crippen molar-refractivity contribution in [3.8, 4) is 5.75 Å². The number of benzene rings is 1. The summed E-state index contributed by atoms with van der Waals surface area (Å²) in [6.45, 7) is 6.81. The summed E-state index contributed by atoms with van der Waals surface area (Å²) < 4.78 is 0. The number of carbonyl (C=O) groups is 2. The van der Waals surface area contributed by atoms with Crippen LogP contribution in [-0.4, -0.2) is 39.8 Å². The zero-order chi connectivity index (χ0) is 18.4. The molecule has 134 valence electrons. The van der Waals surface area contributed by atoms with E-state index in [1.807, 2.05) is 32.9 Å². The first-order valence-electron chi connectivity index (χ1n) is 8.71. The second-order valence-electron chi connectivity index (χ2n) is 6.04. The van der Waals surface area contributed by atoms with Crippen LogP contribution < -0.4 is 0 Å². The number of aromatic hydroxyl groups is 1. The molecule has 0 bridgehead atoms. The molecule has 5 heteroatoms. The molecule has 1 aromatic rings. The third-order valence-corrected chi connectivity index (χ3v) is 4.32. The van der Waals surface area contributed by atoms with Crippen LogP contribution >= 0.6 is 0 Å². The molecule has 5 nitrogen and oxygen atoms in total. The predicted molar refractivity (Wildman–Crippen MR) is 97.7 cm³/mol. The Bertz CT molecular complexity index is 689. The number of phenolic OH excluding ortho intramolecular Hbond substituents is 1. The van der Waals surface area contributed by atoms with E-state index in [0.717, 1.165) is 23.3 Å². The zero-order valence-corrected chi connectivity index (χ0v) is 15.2. The van der Waals surface area contributed by atoms with Crippen LogP contribution in [0.4, 0.5) is 0 Å². The Morgan fingerprint density at radius 3 is 2.36 bits per heavy atom. The smallest absolute Gasteiger partial charge is 0.246 e. The van der Waals surface area contributed by atoms with Gasteiger partial charge >= 0.3 is 0 Å². The van der Waals surface area contributed by atoms with E-state index < -0.39 is 0 Å². The Labute approximate surface area is 149 Å². The van der Waals surface area contributed by atoms with E-state index in [2.05, 4.69) is 0 Å². The minimum absolute atomic E-state index is 0.0146. The van der Waals surface area contributed by atoms with Crippen molar-refractivity contribution >= 4 is 11.8 Å². The average Bonchev–Trinajstić information content (AvgIpc) is 2.60. The van der Waals surface area contributed by atoms with Crippen molar-refractivity contribution in [3.05, 3.63) is 53.3 Å². The van der Waals surface area contributed by atoms with Gasteiger partial charge in [0.05, 0.1) is 13.0 Å². The monoisotopic (exact) mass is 342 g/mol. The van der Waals surface area contributed by atoms with Gasteiger partial charge in [-0.3, -0.25) is 9.59 Å². The lowest BCUT2D eigenvalue weighted by molar-refractivity contribution is -0.140. The molecular formula is C20H26N2O3. The maximum absolute atomic E-state index is 12.9. The molecule has 0 unspecified atom stereocenters. The summed E-state index contributed by atoms with van der Waals surface area (Å²) in [6.07, 6.45) is 5.02. The number of likely N-dealkylation sites (N-methyl/N-ethyl adjacent to an activating group) is 1. The summed E-state index contributed by atoms with van der Waals surface area (Å²) >= 11 is 0. The van der Waals surface area contributed by atoms with Gasteiger partial charge < -0.3 is 14.9 Å². The Morgan fingerprint density at radius 2 is 1.80 bits per heavy atom. The van der Waals surface area contributed by atoms with Gasteiger partial charge in [0.25, 0.3) is 0 Å². The minimum Gasteiger partial charge on any atom is -0.508 e. The van der Waals surface area contributed by atoms with Gasteiger partial charge in [-0.25, -0.2) is 0 Å². The molecule has 0 aliphatic carbocycles. The molecule has 2 rings (SSSR count). The predicted octanol–water partition coefficient (Wildman–Crippen LogP) is 3.21. The number of hydrogen-bond acceptors (Lipinski definition) is 3. The van der Waals surface area contributed by atoms with Crippen molar-refractivity contribution in [1.29, 1.82) is 0 Å². The summed E-state index contributed by atoms with van der Waals surface area (Å²) in [5.41, 5.74) is 2.61. The van der Waals surface area contributed by atoms with E-state index in [1.54, 1.807) is 34.1 Å². The number of rotatable bonds is 4. The Balaban J connectivity index is 2.41. The number of phenols is 1. The third kappa shape index (κ3) is 4.50. The van der Waals surface area contributed by atoms with Crippen molar-refractivity contribution in [2.75, 3.05) is 13.1 Å². The molecule has 1 aliphatic rings. The van der Waals surface area contributed by atoms with E-state index in [0.29, 0.717) is 19.5 Å². The first-order valence-corrected chi connectivity index (χ1v) is 8.71. The standard InChI is InChI=1S/C20H26N2O3/c1-4-7-16-12-19(24)21(6-3)14-20(25)22(18(16)5-2)13-15-8-10-17(23)11-9-15/h5,7-11,23H,4,6,12-14H2,1-3H3/b16-7-,18-5+. The van der Waals surface area contributed by atoms with Gasteiger partial charge in [0.1, 0.15) is 12.3 Å². The molecule has 2 amide bonds. The Hall–Kier alpha value is -2.56. The van der Waals surface area contributed by atoms with E-state index in [-0.39, 0.29) is 24.1 Å². The fraction of sp³-hybridized carbons (Fsp3) is 0.400. The van der Waals surface area contributed by atoms with E-state index in [4.69, 9.17) is 0 Å². The lowest BCUT2D eigenvalue weighted by Crippen LogP contribution is -2.45. The highest BCUT2D eigenvalue weighted by Gasteiger charge is 2.29. The number of nitrogens with zero attached hydrogens (tertiary/aromatic N) is 2. The fourth-order valence-corrected chi connectivity index (χ4v) is 3.02. The summed E-state index contributed by atoms with van der Waals surface area (Å²) in [6, 6.07) is 6.84. The topological polar surface area (TPSA) is 60.9 Å². The van der Waals surface area contributed by atoms with Crippen LogP contribution in [0.2, 0.25) is 0 Å². The highest BCUT2D eigenvalue weighted by Crippen LogP contribution is 2.26. The minimum atomic E-state index is -0.0990. The van der Waals surface area contributed by atoms with Crippen LogP contribution in [0, 0.1) is 0 Å². The quantitative estimate of drug-likeness (QED) is 0.914. The normalized spacial score (nSPS) is 19.5. The van der Waals surface area contributed by atoms with Crippen LogP contribution in [-0.2, 0) is 16.1 Å². The fourth-order valence-electron chi connectivity index (χ4n) is 3.02. The molecule has 1 saturated heterocycles. The van der Waals surface area contributed by atoms with Gasteiger partial charge in [0.15, 0.2) is 0 Å². The van der Waals surface area contributed by atoms with Gasteiger partial charge in [-0.1, -0.05) is 31.2 Å². The number of allylic oxidation sites excluding steroid dienone is 3. The molecule has 1 aromatic carbocycles. The van der Waals surface area contributed by atoms with Crippen molar-refractivity contribution in [2.45, 2.75) is 40.2 Å². The largest absolute Gasteiger partial charge is 0.508 e. The van der Waals surface area contributed by atoms with Crippen molar-refractivity contribution < 1.29 is 14.7 Å². The molecule has 1 N–H and O–H groups in total. The number of hydrogen-bond donors (Lipinski definition) is 1. The lowest BCUT2D eigenvalue weighted by Gasteiger charge is -2.33. The van der Waals surface area contributed by atoms with Crippen LogP contribution in [0.5, 0.6) is 5.75 Å². The molecule has 0 atom stereocenters. The van der Waals surface area contributed by atoms with E-state index in [9.17, 15) is 14.7 Å². The maximum atomic E-state index is 12.9. The molecule has 0 radical (unpaired) electrons. The second-order valence-corrected chi connectivity index (χ2v) is 6.04. The van der Waals surface area contributed by atoms with Crippen LogP contribution in [0.25, 0.3) is 0 Å². The van der Waals surface area contributed by atoms with Crippen LogP contribution in [0.15, 0.2) is 47.7 Å². The van der Waals surface area contributed by atoms with Gasteiger partial charge in [0.2, 0.25) is 11.8 Å². The van der Waals surface area contributed by atoms with Crippen LogP contribution in [0.3, 0.4) is 0 Å². The summed E-state index contributed by atoms with van der Waals surface area (Å²) in [5, 5.41) is 9.46. The van der Waals surface area contributed by atoms with Crippen molar-refractivity contribution in [1.82, 2.24) is 9.80 Å². The van der Waals surface area contributed by atoms with Gasteiger partial charge in [0, 0.05) is 12.2 Å². The molecule has 0 aromatic heterocycles. The second kappa shape index (κ2) is 8.51. The third-order valence-electron chi connectivity index (χ3n) is 4.32. The van der Waals surface area contributed by atoms with Crippen molar-refractivity contribution in [2.24, 2.45) is 0 Å². The number of carbonyl (C=O) groups excluding carboxylic acids is 2. The van der Waals surface area contributed by atoms with Gasteiger partial charge in [-0.05, 0) is 43.5 Å². The summed E-state index contributed by atoms with van der Waals surface area (Å²) in [5.74, 6) is 0.0839.